The fourth-order valence-electron chi connectivity index (χ4n) is 1.64. The van der Waals surface area contributed by atoms with E-state index in [1.165, 1.54) is 31.4 Å². The van der Waals surface area contributed by atoms with Gasteiger partial charge >= 0.3 is 5.97 Å². The summed E-state index contributed by atoms with van der Waals surface area (Å²) in [4.78, 5) is 21.4. The van der Waals surface area contributed by atoms with Crippen molar-refractivity contribution < 1.29 is 23.9 Å². The van der Waals surface area contributed by atoms with Crippen LogP contribution in [0.25, 0.3) is 0 Å². The number of esters is 1. The number of rotatable bonds is 6. The first-order valence-corrected chi connectivity index (χ1v) is 5.67. The van der Waals surface area contributed by atoms with Crippen molar-refractivity contribution in [2.45, 2.75) is 12.0 Å². The van der Waals surface area contributed by atoms with Gasteiger partial charge in [0.25, 0.3) is 5.69 Å². The summed E-state index contributed by atoms with van der Waals surface area (Å²) in [7, 11) is 1.31. The minimum Gasteiger partial charge on any atom is -0.493 e. The predicted molar refractivity (Wildman–Crippen MR) is 63.9 cm³/mol. The fraction of sp³-hybridized carbons (Fsp3) is 0.417. The molecule has 1 aliphatic rings. The smallest absolute Gasteiger partial charge is 0.340 e. The van der Waals surface area contributed by atoms with E-state index in [0.29, 0.717) is 18.8 Å². The van der Waals surface area contributed by atoms with Gasteiger partial charge in [0.05, 0.1) is 25.2 Å². The molecular formula is C12H13NO6. The molecule has 0 bridgehead atoms. The van der Waals surface area contributed by atoms with Gasteiger partial charge in [0, 0.05) is 18.6 Å². The van der Waals surface area contributed by atoms with Gasteiger partial charge in [-0.2, -0.15) is 0 Å². The number of nitro groups is 1. The number of hydrogen-bond acceptors (Lipinski definition) is 6. The molecule has 1 fully saturated rings. The van der Waals surface area contributed by atoms with E-state index >= 15 is 0 Å². The fourth-order valence-corrected chi connectivity index (χ4v) is 1.64. The zero-order valence-electron chi connectivity index (χ0n) is 10.3. The summed E-state index contributed by atoms with van der Waals surface area (Å²) in [6, 6.07) is 5.74. The average molecular weight is 267 g/mol. The molecule has 7 nitrogen and oxygen atoms in total. The largest absolute Gasteiger partial charge is 0.493 e. The standard InChI is InChI=1S/C12H13NO6/c1-17-11(14)12(8-19-12)6-7-18-10-4-2-9(3-5-10)13(15)16/h2-5H,6-8H2,1H3. The van der Waals surface area contributed by atoms with Crippen LogP contribution in [-0.4, -0.2) is 36.8 Å². The van der Waals surface area contributed by atoms with Crippen molar-refractivity contribution in [2.24, 2.45) is 0 Å². The molecule has 1 aromatic rings. The molecule has 0 aliphatic carbocycles. The van der Waals surface area contributed by atoms with E-state index in [1.807, 2.05) is 0 Å². The zero-order valence-corrected chi connectivity index (χ0v) is 10.3. The van der Waals surface area contributed by atoms with Crippen molar-refractivity contribution in [3.05, 3.63) is 34.4 Å². The van der Waals surface area contributed by atoms with E-state index in [4.69, 9.17) is 9.47 Å². The van der Waals surface area contributed by atoms with Gasteiger partial charge in [-0.3, -0.25) is 10.1 Å². The Hall–Kier alpha value is -2.15. The van der Waals surface area contributed by atoms with Gasteiger partial charge in [0.1, 0.15) is 5.75 Å². The molecule has 0 spiro atoms. The van der Waals surface area contributed by atoms with E-state index in [-0.39, 0.29) is 12.3 Å². The van der Waals surface area contributed by atoms with Gasteiger partial charge in [-0.15, -0.1) is 0 Å². The number of ether oxygens (including phenoxy) is 3. The minimum atomic E-state index is -0.866. The molecule has 1 unspecified atom stereocenters. The summed E-state index contributed by atoms with van der Waals surface area (Å²) in [6.07, 6.45) is 0.386. The summed E-state index contributed by atoms with van der Waals surface area (Å²) >= 11 is 0. The van der Waals surface area contributed by atoms with Crippen LogP contribution in [0.4, 0.5) is 5.69 Å². The van der Waals surface area contributed by atoms with Crippen LogP contribution in [0.5, 0.6) is 5.75 Å². The third-order valence-corrected chi connectivity index (χ3v) is 2.87. The molecule has 0 saturated carbocycles. The quantitative estimate of drug-likeness (QED) is 0.334. The van der Waals surface area contributed by atoms with Gasteiger partial charge < -0.3 is 14.2 Å². The maximum absolute atomic E-state index is 11.4. The molecule has 19 heavy (non-hydrogen) atoms. The van der Waals surface area contributed by atoms with Crippen LogP contribution >= 0.6 is 0 Å². The molecule has 1 aliphatic heterocycles. The van der Waals surface area contributed by atoms with E-state index in [1.54, 1.807) is 0 Å². The molecule has 0 radical (unpaired) electrons. The number of hydrogen-bond donors (Lipinski definition) is 0. The number of methoxy groups -OCH3 is 1. The second kappa shape index (κ2) is 5.23. The van der Waals surface area contributed by atoms with Crippen molar-refractivity contribution in [1.29, 1.82) is 0 Å². The van der Waals surface area contributed by atoms with Crippen LogP contribution in [-0.2, 0) is 14.3 Å². The lowest BCUT2D eigenvalue weighted by Crippen LogP contribution is -2.28. The molecule has 1 heterocycles. The van der Waals surface area contributed by atoms with E-state index in [2.05, 4.69) is 4.74 Å². The molecule has 1 saturated heterocycles. The van der Waals surface area contributed by atoms with Crippen molar-refractivity contribution in [3.63, 3.8) is 0 Å². The molecule has 1 aromatic carbocycles. The second-order valence-electron chi connectivity index (χ2n) is 4.12. The summed E-state index contributed by atoms with van der Waals surface area (Å²) in [5.74, 6) is 0.103. The van der Waals surface area contributed by atoms with Gasteiger partial charge in [0.15, 0.2) is 5.60 Å². The molecular weight excluding hydrogens is 254 g/mol. The first-order chi connectivity index (χ1) is 9.07. The molecule has 2 rings (SSSR count). The topological polar surface area (TPSA) is 91.2 Å². The van der Waals surface area contributed by atoms with Crippen LogP contribution in [0.2, 0.25) is 0 Å². The van der Waals surface area contributed by atoms with Gasteiger partial charge in [-0.05, 0) is 12.1 Å². The molecule has 1 atom stereocenters. The molecule has 0 aromatic heterocycles. The van der Waals surface area contributed by atoms with Crippen molar-refractivity contribution >= 4 is 11.7 Å². The molecule has 102 valence electrons. The Morgan fingerprint density at radius 2 is 2.11 bits per heavy atom. The summed E-state index contributed by atoms with van der Waals surface area (Å²) in [5.41, 5.74) is -0.862. The highest BCUT2D eigenvalue weighted by atomic mass is 16.6. The Morgan fingerprint density at radius 3 is 2.58 bits per heavy atom. The third-order valence-electron chi connectivity index (χ3n) is 2.87. The Bertz CT molecular complexity index is 479. The molecule has 0 amide bonds. The highest BCUT2D eigenvalue weighted by Crippen LogP contribution is 2.32. The number of nitro benzene ring substituents is 1. The number of carbonyl (C=O) groups excluding carboxylic acids is 1. The number of carbonyl (C=O) groups is 1. The first-order valence-electron chi connectivity index (χ1n) is 5.67. The van der Waals surface area contributed by atoms with E-state index in [0.717, 1.165) is 0 Å². The lowest BCUT2D eigenvalue weighted by molar-refractivity contribution is -0.384. The maximum atomic E-state index is 11.4. The Labute approximate surface area is 109 Å². The molecule has 7 heteroatoms. The van der Waals surface area contributed by atoms with Gasteiger partial charge in [-0.25, -0.2) is 4.79 Å². The Kier molecular flexibility index (Phi) is 3.66. The van der Waals surface area contributed by atoms with Crippen molar-refractivity contribution in [3.8, 4) is 5.75 Å². The number of benzene rings is 1. The predicted octanol–water partition coefficient (Wildman–Crippen LogP) is 1.31. The average Bonchev–Trinajstić information content (AvgIpc) is 3.19. The number of non-ortho nitro benzene ring substituents is 1. The van der Waals surface area contributed by atoms with Crippen LogP contribution in [0.3, 0.4) is 0 Å². The Morgan fingerprint density at radius 1 is 1.47 bits per heavy atom. The highest BCUT2D eigenvalue weighted by Gasteiger charge is 2.53. The SMILES string of the molecule is COC(=O)C1(CCOc2ccc([N+](=O)[O-])cc2)CO1. The Balaban J connectivity index is 1.83. The summed E-state index contributed by atoms with van der Waals surface area (Å²) in [6.45, 7) is 0.607. The second-order valence-corrected chi connectivity index (χ2v) is 4.12. The molecule has 0 N–H and O–H groups in total. The number of nitrogens with zero attached hydrogens (tertiary/aromatic N) is 1. The van der Waals surface area contributed by atoms with Crippen LogP contribution in [0.15, 0.2) is 24.3 Å². The van der Waals surface area contributed by atoms with Crippen molar-refractivity contribution in [1.82, 2.24) is 0 Å². The lowest BCUT2D eigenvalue weighted by Gasteiger charge is -2.10. The van der Waals surface area contributed by atoms with E-state index in [9.17, 15) is 14.9 Å². The van der Waals surface area contributed by atoms with Gasteiger partial charge in [0.2, 0.25) is 0 Å². The van der Waals surface area contributed by atoms with Crippen LogP contribution in [0, 0.1) is 10.1 Å². The summed E-state index contributed by atoms with van der Waals surface area (Å²) < 4.78 is 15.1. The highest BCUT2D eigenvalue weighted by molar-refractivity contribution is 5.82. The summed E-state index contributed by atoms with van der Waals surface area (Å²) in [5, 5.41) is 10.5. The lowest BCUT2D eigenvalue weighted by atomic mass is 10.1. The maximum Gasteiger partial charge on any atom is 0.340 e. The first kappa shape index (κ1) is 13.3. The minimum absolute atomic E-state index is 0.00362. The van der Waals surface area contributed by atoms with E-state index < -0.39 is 16.5 Å². The van der Waals surface area contributed by atoms with Crippen LogP contribution < -0.4 is 4.74 Å². The normalized spacial score (nSPS) is 20.7. The zero-order chi connectivity index (χ0) is 13.9. The van der Waals surface area contributed by atoms with Crippen LogP contribution in [0.1, 0.15) is 6.42 Å². The number of epoxide rings is 1. The monoisotopic (exact) mass is 267 g/mol. The third kappa shape index (κ3) is 3.00. The van der Waals surface area contributed by atoms with Gasteiger partial charge in [-0.1, -0.05) is 0 Å². The van der Waals surface area contributed by atoms with Crippen molar-refractivity contribution in [2.75, 3.05) is 20.3 Å².